The van der Waals surface area contributed by atoms with E-state index in [0.717, 1.165) is 56.2 Å². The topological polar surface area (TPSA) is 12.5 Å². The van der Waals surface area contributed by atoms with Gasteiger partial charge in [0.1, 0.15) is 5.75 Å². The average molecular weight is 770 g/mol. The van der Waals surface area contributed by atoms with Crippen LogP contribution in [0.4, 0.5) is 17.1 Å². The highest BCUT2D eigenvalue weighted by Crippen LogP contribution is 2.57. The molecule has 2 heteroatoms. The van der Waals surface area contributed by atoms with Crippen LogP contribution >= 0.6 is 0 Å². The molecule has 0 saturated carbocycles. The molecule has 0 saturated heterocycles. The third-order valence-electron chi connectivity index (χ3n) is 13.7. The van der Waals surface area contributed by atoms with Gasteiger partial charge in [-0.1, -0.05) is 167 Å². The number of ether oxygens (including phenoxy) is 1. The van der Waals surface area contributed by atoms with Gasteiger partial charge in [0.25, 0.3) is 0 Å². The van der Waals surface area contributed by atoms with E-state index in [1.807, 2.05) is 0 Å². The molecule has 2 nitrogen and oxygen atoms in total. The predicted octanol–water partition coefficient (Wildman–Crippen LogP) is 16.0. The lowest BCUT2D eigenvalue weighted by Gasteiger charge is -2.31. The van der Waals surface area contributed by atoms with Crippen LogP contribution in [0.15, 0.2) is 188 Å². The molecule has 0 radical (unpaired) electrons. The van der Waals surface area contributed by atoms with E-state index in [1.54, 1.807) is 0 Å². The number of hydrogen-bond donors (Lipinski definition) is 0. The normalized spacial score (nSPS) is 14.4. The third-order valence-corrected chi connectivity index (χ3v) is 13.7. The van der Waals surface area contributed by atoms with Crippen molar-refractivity contribution >= 4 is 27.8 Å². The highest BCUT2D eigenvalue weighted by Gasteiger charge is 2.38. The zero-order valence-corrected chi connectivity index (χ0v) is 34.3. The molecule has 0 aromatic heterocycles. The second-order valence-corrected chi connectivity index (χ2v) is 17.7. The van der Waals surface area contributed by atoms with E-state index >= 15 is 0 Å². The minimum atomic E-state index is -0.161. The molecule has 3 aliphatic rings. The number of nitrogens with zero attached hydrogens (tertiary/aromatic N) is 1. The zero-order valence-electron chi connectivity index (χ0n) is 34.3. The molecule has 1 aliphatic heterocycles. The summed E-state index contributed by atoms with van der Waals surface area (Å²) in [5.41, 5.74) is 20.3. The van der Waals surface area contributed by atoms with Crippen molar-refractivity contribution < 1.29 is 4.74 Å². The van der Waals surface area contributed by atoms with Crippen LogP contribution in [-0.2, 0) is 10.8 Å². The summed E-state index contributed by atoms with van der Waals surface area (Å²) in [6.45, 7) is 9.45. The van der Waals surface area contributed by atoms with Crippen LogP contribution in [0.25, 0.3) is 66.4 Å². The molecule has 60 heavy (non-hydrogen) atoms. The van der Waals surface area contributed by atoms with Gasteiger partial charge in [0.15, 0.2) is 5.75 Å². The summed E-state index contributed by atoms with van der Waals surface area (Å²) >= 11 is 0. The van der Waals surface area contributed by atoms with Gasteiger partial charge in [0, 0.05) is 33.3 Å². The van der Waals surface area contributed by atoms with Crippen LogP contribution in [0.1, 0.15) is 49.9 Å². The Hall–Kier alpha value is -7.16. The zero-order chi connectivity index (χ0) is 40.3. The maximum Gasteiger partial charge on any atom is 0.159 e. The van der Waals surface area contributed by atoms with E-state index < -0.39 is 0 Å². The molecule has 9 aromatic rings. The van der Waals surface area contributed by atoms with Crippen LogP contribution in [0.3, 0.4) is 0 Å². The number of para-hydroxylation sites is 1. The lowest BCUT2D eigenvalue weighted by molar-refractivity contribution is 0.489. The SMILES string of the molecule is CC1(C)c2ccccc2-c2ccc(N(c3ccc4c(c3)C(C)(C)c3ccccc3-4)c3cccc4c3Oc3cc5ccccc5cc3-c3ccc(-c5ccccc5)cc3-4)cc21. The Balaban J connectivity index is 1.13. The van der Waals surface area contributed by atoms with Gasteiger partial charge in [-0.25, -0.2) is 0 Å². The van der Waals surface area contributed by atoms with Crippen LogP contribution < -0.4 is 9.64 Å². The highest BCUT2D eigenvalue weighted by molar-refractivity contribution is 6.01. The van der Waals surface area contributed by atoms with Crippen molar-refractivity contribution in [2.24, 2.45) is 0 Å². The summed E-state index contributed by atoms with van der Waals surface area (Å²) in [6.07, 6.45) is 0. The van der Waals surface area contributed by atoms with Crippen LogP contribution in [0, 0.1) is 0 Å². The van der Waals surface area contributed by atoms with E-state index in [4.69, 9.17) is 4.74 Å². The summed E-state index contributed by atoms with van der Waals surface area (Å²) in [4.78, 5) is 2.45. The molecule has 12 rings (SSSR count). The molecule has 2 aliphatic carbocycles. The van der Waals surface area contributed by atoms with Gasteiger partial charge in [-0.05, 0) is 126 Å². The molecular formula is C58H43NO. The minimum absolute atomic E-state index is 0.161. The fraction of sp³-hybridized carbons (Fsp3) is 0.103. The van der Waals surface area contributed by atoms with Crippen molar-refractivity contribution in [1.82, 2.24) is 0 Å². The molecular weight excluding hydrogens is 727 g/mol. The van der Waals surface area contributed by atoms with Gasteiger partial charge < -0.3 is 9.64 Å². The summed E-state index contributed by atoms with van der Waals surface area (Å²) in [6, 6.07) is 69.3. The van der Waals surface area contributed by atoms with Crippen molar-refractivity contribution in [3.05, 3.63) is 210 Å². The fourth-order valence-electron chi connectivity index (χ4n) is 10.5. The Morgan fingerprint density at radius 2 is 0.883 bits per heavy atom. The lowest BCUT2D eigenvalue weighted by atomic mass is 9.82. The standard InChI is InChI=1S/C58H43NO/c1-57(2)50-22-12-10-19-43(50)45-29-26-40(34-52(45)57)59(41-27-30-46-44-20-11-13-23-51(44)58(3,4)53(46)35-41)54-24-14-21-47-48-31-39(36-15-6-5-7-16-36)25-28-42(48)49-32-37-17-8-9-18-38(37)33-55(49)60-56(47)54/h5-35H,1-4H3. The summed E-state index contributed by atoms with van der Waals surface area (Å²) in [5, 5.41) is 2.34. The molecule has 0 unspecified atom stereocenters. The molecule has 0 bridgehead atoms. The predicted molar refractivity (Wildman–Crippen MR) is 250 cm³/mol. The fourth-order valence-corrected chi connectivity index (χ4v) is 10.5. The van der Waals surface area contributed by atoms with Crippen molar-refractivity contribution in [3.63, 3.8) is 0 Å². The molecule has 286 valence electrons. The first-order chi connectivity index (χ1) is 29.3. The van der Waals surface area contributed by atoms with Crippen molar-refractivity contribution in [2.75, 3.05) is 4.90 Å². The highest BCUT2D eigenvalue weighted by atomic mass is 16.5. The molecule has 9 aromatic carbocycles. The Morgan fingerprint density at radius 1 is 0.350 bits per heavy atom. The lowest BCUT2D eigenvalue weighted by Crippen LogP contribution is -2.18. The van der Waals surface area contributed by atoms with Crippen molar-refractivity contribution in [2.45, 2.75) is 38.5 Å². The molecule has 0 atom stereocenters. The monoisotopic (exact) mass is 769 g/mol. The smallest absolute Gasteiger partial charge is 0.159 e. The maximum absolute atomic E-state index is 7.42. The van der Waals surface area contributed by atoms with E-state index in [0.29, 0.717) is 0 Å². The van der Waals surface area contributed by atoms with Crippen LogP contribution in [-0.4, -0.2) is 0 Å². The van der Waals surface area contributed by atoms with Crippen LogP contribution in [0.2, 0.25) is 0 Å². The first-order valence-corrected chi connectivity index (χ1v) is 21.1. The van der Waals surface area contributed by atoms with Gasteiger partial charge in [-0.15, -0.1) is 0 Å². The Morgan fingerprint density at radius 3 is 1.53 bits per heavy atom. The van der Waals surface area contributed by atoms with E-state index in [-0.39, 0.29) is 10.8 Å². The van der Waals surface area contributed by atoms with Crippen molar-refractivity contribution in [3.8, 4) is 67.1 Å². The number of benzene rings is 9. The second kappa shape index (κ2) is 12.7. The average Bonchev–Trinajstić information content (AvgIpc) is 3.59. The Labute approximate surface area is 352 Å². The molecule has 0 spiro atoms. The van der Waals surface area contributed by atoms with Crippen molar-refractivity contribution in [1.29, 1.82) is 0 Å². The Kier molecular flexibility index (Phi) is 7.36. The summed E-state index contributed by atoms with van der Waals surface area (Å²) < 4.78 is 7.42. The molecule has 0 fully saturated rings. The molecule has 1 heterocycles. The van der Waals surface area contributed by atoms with Crippen LogP contribution in [0.5, 0.6) is 11.5 Å². The van der Waals surface area contributed by atoms with Gasteiger partial charge >= 0.3 is 0 Å². The number of anilines is 3. The van der Waals surface area contributed by atoms with Gasteiger partial charge in [0.2, 0.25) is 0 Å². The molecule has 0 N–H and O–H groups in total. The first kappa shape index (κ1) is 34.8. The number of rotatable bonds is 4. The largest absolute Gasteiger partial charge is 0.454 e. The second-order valence-electron chi connectivity index (χ2n) is 17.7. The first-order valence-electron chi connectivity index (χ1n) is 21.1. The number of hydrogen-bond acceptors (Lipinski definition) is 2. The maximum atomic E-state index is 7.42. The van der Waals surface area contributed by atoms with E-state index in [2.05, 4.69) is 221 Å². The number of fused-ring (bicyclic) bond motifs is 12. The van der Waals surface area contributed by atoms with E-state index in [9.17, 15) is 0 Å². The minimum Gasteiger partial charge on any atom is -0.454 e. The Bertz CT molecular complexity index is 3140. The summed E-state index contributed by atoms with van der Waals surface area (Å²) in [7, 11) is 0. The van der Waals surface area contributed by atoms with Gasteiger partial charge in [0.05, 0.1) is 5.69 Å². The summed E-state index contributed by atoms with van der Waals surface area (Å²) in [5.74, 6) is 1.69. The van der Waals surface area contributed by atoms with Gasteiger partial charge in [-0.2, -0.15) is 0 Å². The van der Waals surface area contributed by atoms with Gasteiger partial charge in [-0.3, -0.25) is 0 Å². The van der Waals surface area contributed by atoms with E-state index in [1.165, 1.54) is 61.0 Å². The third kappa shape index (κ3) is 5.01. The quantitative estimate of drug-likeness (QED) is 0.177. The molecule has 0 amide bonds.